The van der Waals surface area contributed by atoms with E-state index in [1.807, 2.05) is 12.3 Å². The minimum Gasteiger partial charge on any atom is -0.338 e. The Morgan fingerprint density at radius 2 is 2.19 bits per heavy atom. The van der Waals surface area contributed by atoms with Crippen LogP contribution < -0.4 is 0 Å². The molecule has 0 bridgehead atoms. The van der Waals surface area contributed by atoms with Crippen LogP contribution in [0.1, 0.15) is 16.3 Å². The molecule has 1 amide bonds. The van der Waals surface area contributed by atoms with Crippen molar-refractivity contribution in [2.24, 2.45) is 0 Å². The topological polar surface area (TPSA) is 33.2 Å². The largest absolute Gasteiger partial charge is 0.338 e. The highest BCUT2D eigenvalue weighted by Gasteiger charge is 2.10. The van der Waals surface area contributed by atoms with Gasteiger partial charge in [-0.3, -0.25) is 4.79 Å². The molecule has 1 aromatic carbocycles. The summed E-state index contributed by atoms with van der Waals surface area (Å²) in [4.78, 5) is 17.5. The first kappa shape index (κ1) is 15.3. The molecule has 0 saturated heterocycles. The summed E-state index contributed by atoms with van der Waals surface area (Å²) in [5, 5.41) is 2.77. The zero-order chi connectivity index (χ0) is 15.4. The predicted molar refractivity (Wildman–Crippen MR) is 78.7 cm³/mol. The number of rotatable bonds is 4. The lowest BCUT2D eigenvalue weighted by molar-refractivity contribution is -0.125. The monoisotopic (exact) mass is 308 g/mol. The second-order valence-corrected chi connectivity index (χ2v) is 5.62. The fraction of sp³-hybridized carbons (Fsp3) is 0.200. The molecule has 21 heavy (non-hydrogen) atoms. The van der Waals surface area contributed by atoms with Gasteiger partial charge in [0.25, 0.3) is 0 Å². The van der Waals surface area contributed by atoms with Gasteiger partial charge in [0.15, 0.2) is 0 Å². The maximum absolute atomic E-state index is 13.5. The summed E-state index contributed by atoms with van der Waals surface area (Å²) >= 11 is 1.50. The molecule has 0 atom stereocenters. The van der Waals surface area contributed by atoms with Gasteiger partial charge in [0.05, 0.1) is 10.7 Å². The third-order valence-corrected chi connectivity index (χ3v) is 3.62. The van der Waals surface area contributed by atoms with Crippen molar-refractivity contribution in [3.63, 3.8) is 0 Å². The van der Waals surface area contributed by atoms with Crippen LogP contribution in [0.2, 0.25) is 0 Å². The minimum atomic E-state index is -0.659. The van der Waals surface area contributed by atoms with E-state index in [2.05, 4.69) is 4.98 Å². The van der Waals surface area contributed by atoms with Crippen LogP contribution in [-0.4, -0.2) is 22.8 Å². The summed E-state index contributed by atoms with van der Waals surface area (Å²) in [6, 6.07) is 3.31. The summed E-state index contributed by atoms with van der Waals surface area (Å²) in [7, 11) is 1.56. The first-order chi connectivity index (χ1) is 9.95. The van der Waals surface area contributed by atoms with E-state index in [0.29, 0.717) is 5.69 Å². The number of likely N-dealkylation sites (N-methyl/N-ethyl adjacent to an activating group) is 1. The van der Waals surface area contributed by atoms with Gasteiger partial charge in [-0.05, 0) is 19.1 Å². The van der Waals surface area contributed by atoms with Gasteiger partial charge < -0.3 is 4.90 Å². The summed E-state index contributed by atoms with van der Waals surface area (Å²) < 4.78 is 26.3. The van der Waals surface area contributed by atoms with E-state index in [1.165, 1.54) is 34.4 Å². The smallest absolute Gasteiger partial charge is 0.246 e. The molecular formula is C15H14F2N2OS. The number of thiazole rings is 1. The van der Waals surface area contributed by atoms with Crippen LogP contribution in [0.4, 0.5) is 8.78 Å². The summed E-state index contributed by atoms with van der Waals surface area (Å²) in [6.45, 7) is 1.96. The average Bonchev–Trinajstić information content (AvgIpc) is 2.85. The van der Waals surface area contributed by atoms with Crippen LogP contribution in [-0.2, 0) is 11.3 Å². The lowest BCUT2D eigenvalue weighted by Gasteiger charge is -2.15. The number of amides is 1. The minimum absolute atomic E-state index is 0.0748. The number of aromatic nitrogens is 1. The molecule has 0 aliphatic heterocycles. The number of carbonyl (C=O) groups is 1. The molecule has 0 fully saturated rings. The zero-order valence-electron chi connectivity index (χ0n) is 11.6. The Balaban J connectivity index is 2.00. The molecule has 0 N–H and O–H groups in total. The summed E-state index contributed by atoms with van der Waals surface area (Å²) in [6.07, 6.45) is 3.00. The maximum atomic E-state index is 13.5. The van der Waals surface area contributed by atoms with Crippen molar-refractivity contribution < 1.29 is 13.6 Å². The second-order valence-electron chi connectivity index (χ2n) is 4.55. The Hall–Kier alpha value is -2.08. The summed E-state index contributed by atoms with van der Waals surface area (Å²) in [5.41, 5.74) is 0.984. The third-order valence-electron chi connectivity index (χ3n) is 2.83. The lowest BCUT2D eigenvalue weighted by atomic mass is 10.2. The van der Waals surface area contributed by atoms with Gasteiger partial charge in [-0.25, -0.2) is 13.8 Å². The van der Waals surface area contributed by atoms with Crippen molar-refractivity contribution in [3.05, 3.63) is 57.6 Å². The van der Waals surface area contributed by atoms with Gasteiger partial charge >= 0.3 is 0 Å². The molecule has 0 radical (unpaired) electrons. The second kappa shape index (κ2) is 6.58. The van der Waals surface area contributed by atoms with Crippen molar-refractivity contribution in [2.75, 3.05) is 7.05 Å². The Bertz CT molecular complexity index is 682. The molecule has 0 unspecified atom stereocenters. The van der Waals surface area contributed by atoms with Crippen LogP contribution in [0.25, 0.3) is 6.08 Å². The highest BCUT2D eigenvalue weighted by atomic mass is 32.1. The molecule has 1 aromatic heterocycles. The highest BCUT2D eigenvalue weighted by Crippen LogP contribution is 2.13. The van der Waals surface area contributed by atoms with Gasteiger partial charge in [0.1, 0.15) is 11.6 Å². The Kier molecular flexibility index (Phi) is 4.80. The maximum Gasteiger partial charge on any atom is 0.246 e. The quantitative estimate of drug-likeness (QED) is 0.811. The van der Waals surface area contributed by atoms with Gasteiger partial charge in [-0.2, -0.15) is 0 Å². The molecular weight excluding hydrogens is 294 g/mol. The van der Waals surface area contributed by atoms with Crippen molar-refractivity contribution in [1.82, 2.24) is 9.88 Å². The van der Waals surface area contributed by atoms with Crippen LogP contribution in [0.15, 0.2) is 29.7 Å². The van der Waals surface area contributed by atoms with Gasteiger partial charge in [-0.1, -0.05) is 6.07 Å². The fourth-order valence-electron chi connectivity index (χ4n) is 1.72. The molecule has 3 nitrogen and oxygen atoms in total. The SMILES string of the molecule is Cc1nc(/C=C/C(=O)N(C)Cc2ccc(F)cc2F)cs1. The molecule has 0 saturated carbocycles. The van der Waals surface area contributed by atoms with Gasteiger partial charge in [-0.15, -0.1) is 11.3 Å². The fourth-order valence-corrected chi connectivity index (χ4v) is 2.30. The number of halogens is 2. The number of hydrogen-bond donors (Lipinski definition) is 0. The van der Waals surface area contributed by atoms with Crippen LogP contribution >= 0.6 is 11.3 Å². The van der Waals surface area contributed by atoms with Crippen LogP contribution in [0.3, 0.4) is 0 Å². The van der Waals surface area contributed by atoms with E-state index in [4.69, 9.17) is 0 Å². The van der Waals surface area contributed by atoms with Gasteiger partial charge in [0, 0.05) is 36.7 Å². The molecule has 0 aliphatic rings. The van der Waals surface area contributed by atoms with E-state index in [1.54, 1.807) is 13.1 Å². The standard InChI is InChI=1S/C15H14F2N2OS/c1-10-18-13(9-21-10)5-6-15(20)19(2)8-11-3-4-12(16)7-14(11)17/h3-7,9H,8H2,1-2H3/b6-5+. The molecule has 2 rings (SSSR count). The van der Waals surface area contributed by atoms with E-state index in [0.717, 1.165) is 11.1 Å². The van der Waals surface area contributed by atoms with Crippen LogP contribution in [0, 0.1) is 18.6 Å². The van der Waals surface area contributed by atoms with Crippen molar-refractivity contribution >= 4 is 23.3 Å². The van der Waals surface area contributed by atoms with E-state index in [-0.39, 0.29) is 18.0 Å². The Morgan fingerprint density at radius 1 is 1.43 bits per heavy atom. The average molecular weight is 308 g/mol. The molecule has 110 valence electrons. The lowest BCUT2D eigenvalue weighted by Crippen LogP contribution is -2.24. The number of benzene rings is 1. The number of aryl methyl sites for hydroxylation is 1. The molecule has 0 spiro atoms. The molecule has 1 heterocycles. The van der Waals surface area contributed by atoms with Crippen molar-refractivity contribution in [1.29, 1.82) is 0 Å². The molecule has 6 heteroatoms. The first-order valence-corrected chi connectivity index (χ1v) is 7.13. The number of carbonyl (C=O) groups excluding carboxylic acids is 1. The van der Waals surface area contributed by atoms with Crippen molar-refractivity contribution in [2.45, 2.75) is 13.5 Å². The highest BCUT2D eigenvalue weighted by molar-refractivity contribution is 7.09. The van der Waals surface area contributed by atoms with Gasteiger partial charge in [0.2, 0.25) is 5.91 Å². The van der Waals surface area contributed by atoms with Crippen LogP contribution in [0.5, 0.6) is 0 Å². The number of hydrogen-bond acceptors (Lipinski definition) is 3. The summed E-state index contributed by atoms with van der Waals surface area (Å²) in [5.74, 6) is -1.57. The number of nitrogens with zero attached hydrogens (tertiary/aromatic N) is 2. The van der Waals surface area contributed by atoms with E-state index in [9.17, 15) is 13.6 Å². The van der Waals surface area contributed by atoms with E-state index >= 15 is 0 Å². The zero-order valence-corrected chi connectivity index (χ0v) is 12.5. The predicted octanol–water partition coefficient (Wildman–Crippen LogP) is 3.40. The Labute approximate surface area is 125 Å². The normalized spacial score (nSPS) is 11.0. The van der Waals surface area contributed by atoms with Crippen molar-refractivity contribution in [3.8, 4) is 0 Å². The molecule has 2 aromatic rings. The third kappa shape index (κ3) is 4.19. The Morgan fingerprint density at radius 3 is 2.81 bits per heavy atom. The molecule has 0 aliphatic carbocycles. The van der Waals surface area contributed by atoms with E-state index < -0.39 is 11.6 Å². The first-order valence-electron chi connectivity index (χ1n) is 6.25.